The van der Waals surface area contributed by atoms with Crippen molar-refractivity contribution in [3.8, 4) is 6.07 Å². The minimum atomic E-state index is -3.75. The fraction of sp³-hybridized carbons (Fsp3) is 0.462. The van der Waals surface area contributed by atoms with Gasteiger partial charge in [-0.3, -0.25) is 0 Å². The number of nitriles is 1. The summed E-state index contributed by atoms with van der Waals surface area (Å²) < 4.78 is 39.1. The third-order valence-electron chi connectivity index (χ3n) is 2.48. The highest BCUT2D eigenvalue weighted by atomic mass is 32.2. The molecule has 0 aromatic heterocycles. The Hall–Kier alpha value is -1.45. The molecule has 0 spiro atoms. The van der Waals surface area contributed by atoms with Gasteiger partial charge in [-0.2, -0.15) is 9.57 Å². The van der Waals surface area contributed by atoms with Gasteiger partial charge in [-0.25, -0.2) is 12.8 Å². The molecule has 0 radical (unpaired) electrons. The molecule has 19 heavy (non-hydrogen) atoms. The topological polar surface area (TPSA) is 61.2 Å². The molecule has 1 rings (SSSR count). The minimum Gasteiger partial charge on any atom is -0.207 e. The van der Waals surface area contributed by atoms with Crippen LogP contribution < -0.4 is 0 Å². The maximum Gasteiger partial charge on any atom is 0.243 e. The van der Waals surface area contributed by atoms with Crippen LogP contribution in [0.4, 0.5) is 4.39 Å². The first-order chi connectivity index (χ1) is 8.87. The van der Waals surface area contributed by atoms with E-state index in [0.717, 1.165) is 6.07 Å². The Morgan fingerprint density at radius 2 is 2.11 bits per heavy atom. The van der Waals surface area contributed by atoms with Crippen LogP contribution in [-0.2, 0) is 10.0 Å². The molecular formula is C13H17FN2O2S. The third kappa shape index (κ3) is 4.30. The molecule has 6 heteroatoms. The largest absolute Gasteiger partial charge is 0.243 e. The van der Waals surface area contributed by atoms with E-state index in [-0.39, 0.29) is 23.8 Å². The quantitative estimate of drug-likeness (QED) is 0.805. The second-order valence-corrected chi connectivity index (χ2v) is 6.56. The number of nitrogens with zero attached hydrogens (tertiary/aromatic N) is 2. The van der Waals surface area contributed by atoms with Crippen LogP contribution in [0.25, 0.3) is 0 Å². The lowest BCUT2D eigenvalue weighted by atomic mass is 10.2. The van der Waals surface area contributed by atoms with E-state index in [0.29, 0.717) is 6.54 Å². The highest BCUT2D eigenvalue weighted by Crippen LogP contribution is 2.18. The molecule has 0 atom stereocenters. The van der Waals surface area contributed by atoms with Crippen LogP contribution in [0.2, 0.25) is 0 Å². The third-order valence-corrected chi connectivity index (χ3v) is 4.34. The van der Waals surface area contributed by atoms with E-state index in [9.17, 15) is 12.8 Å². The highest BCUT2D eigenvalue weighted by Gasteiger charge is 2.25. The fourth-order valence-corrected chi connectivity index (χ4v) is 3.30. The Bertz CT molecular complexity index is 564. The smallest absolute Gasteiger partial charge is 0.207 e. The number of rotatable bonds is 6. The summed E-state index contributed by atoms with van der Waals surface area (Å²) in [6, 6.07) is 6.84. The molecule has 0 amide bonds. The Morgan fingerprint density at radius 3 is 2.63 bits per heavy atom. The lowest BCUT2D eigenvalue weighted by Gasteiger charge is -2.23. The van der Waals surface area contributed by atoms with Crippen molar-refractivity contribution in [2.75, 3.05) is 13.1 Å². The molecule has 0 aliphatic heterocycles. The molecule has 104 valence electrons. The Morgan fingerprint density at radius 1 is 1.42 bits per heavy atom. The Balaban J connectivity index is 3.08. The van der Waals surface area contributed by atoms with Gasteiger partial charge in [-0.15, -0.1) is 0 Å². The molecule has 0 unspecified atom stereocenters. The van der Waals surface area contributed by atoms with Crippen molar-refractivity contribution in [1.82, 2.24) is 4.31 Å². The number of halogens is 1. The standard InChI is InChI=1S/C13H17FN2O2S/c1-11(2)10-16(8-4-7-15)19(17,18)13-6-3-5-12(14)9-13/h3,5-6,9,11H,4,8,10H2,1-2H3. The molecule has 1 aromatic carbocycles. The monoisotopic (exact) mass is 284 g/mol. The molecule has 0 saturated heterocycles. The van der Waals surface area contributed by atoms with E-state index in [2.05, 4.69) is 0 Å². The van der Waals surface area contributed by atoms with Gasteiger partial charge in [0.1, 0.15) is 5.82 Å². The molecule has 1 aromatic rings. The maximum atomic E-state index is 13.1. The summed E-state index contributed by atoms with van der Waals surface area (Å²) in [6.45, 7) is 4.20. The number of benzene rings is 1. The number of hydrogen-bond acceptors (Lipinski definition) is 3. The van der Waals surface area contributed by atoms with Crippen molar-refractivity contribution < 1.29 is 12.8 Å². The van der Waals surface area contributed by atoms with Crippen LogP contribution in [0.5, 0.6) is 0 Å². The predicted octanol–water partition coefficient (Wildman–Crippen LogP) is 2.39. The van der Waals surface area contributed by atoms with Crippen LogP contribution in [-0.4, -0.2) is 25.8 Å². The second kappa shape index (κ2) is 6.64. The van der Waals surface area contributed by atoms with E-state index in [1.807, 2.05) is 19.9 Å². The lowest BCUT2D eigenvalue weighted by molar-refractivity contribution is 0.372. The maximum absolute atomic E-state index is 13.1. The first-order valence-electron chi connectivity index (χ1n) is 6.00. The van der Waals surface area contributed by atoms with Gasteiger partial charge in [-0.05, 0) is 24.1 Å². The number of sulfonamides is 1. The van der Waals surface area contributed by atoms with Crippen molar-refractivity contribution in [2.24, 2.45) is 5.92 Å². The summed E-state index contributed by atoms with van der Waals surface area (Å²) in [5.41, 5.74) is 0. The molecule has 0 aliphatic rings. The fourth-order valence-electron chi connectivity index (χ4n) is 1.67. The van der Waals surface area contributed by atoms with Crippen molar-refractivity contribution in [3.63, 3.8) is 0 Å². The van der Waals surface area contributed by atoms with Crippen LogP contribution >= 0.6 is 0 Å². The van der Waals surface area contributed by atoms with E-state index >= 15 is 0 Å². The average Bonchev–Trinajstić information content (AvgIpc) is 2.34. The lowest BCUT2D eigenvalue weighted by Crippen LogP contribution is -2.35. The summed E-state index contributed by atoms with van der Waals surface area (Å²) in [4.78, 5) is -0.0777. The minimum absolute atomic E-state index is 0.0777. The summed E-state index contributed by atoms with van der Waals surface area (Å²) in [6.07, 6.45) is 0.112. The molecule has 0 saturated carbocycles. The zero-order chi connectivity index (χ0) is 14.5. The molecule has 0 aliphatic carbocycles. The summed E-state index contributed by atoms with van der Waals surface area (Å²) in [5.74, 6) is -0.465. The molecule has 4 nitrogen and oxygen atoms in total. The average molecular weight is 284 g/mol. The predicted molar refractivity (Wildman–Crippen MR) is 70.2 cm³/mol. The highest BCUT2D eigenvalue weighted by molar-refractivity contribution is 7.89. The first kappa shape index (κ1) is 15.6. The molecule has 0 bridgehead atoms. The molecular weight excluding hydrogens is 267 g/mol. The Labute approximate surface area is 113 Å². The van der Waals surface area contributed by atoms with E-state index < -0.39 is 15.8 Å². The zero-order valence-electron chi connectivity index (χ0n) is 11.0. The molecule has 0 fully saturated rings. The van der Waals surface area contributed by atoms with Crippen molar-refractivity contribution in [2.45, 2.75) is 25.2 Å². The SMILES string of the molecule is CC(C)CN(CCC#N)S(=O)(=O)c1cccc(F)c1. The van der Waals surface area contributed by atoms with Crippen LogP contribution in [0.1, 0.15) is 20.3 Å². The molecule has 0 heterocycles. The van der Waals surface area contributed by atoms with Gasteiger partial charge in [0.15, 0.2) is 0 Å². The van der Waals surface area contributed by atoms with Gasteiger partial charge in [0.25, 0.3) is 0 Å². The van der Waals surface area contributed by atoms with Gasteiger partial charge in [0.05, 0.1) is 11.0 Å². The van der Waals surface area contributed by atoms with Crippen LogP contribution in [0.15, 0.2) is 29.2 Å². The Kier molecular flexibility index (Phi) is 5.45. The number of hydrogen-bond donors (Lipinski definition) is 0. The zero-order valence-corrected chi connectivity index (χ0v) is 11.8. The van der Waals surface area contributed by atoms with E-state index in [1.54, 1.807) is 0 Å². The van der Waals surface area contributed by atoms with Gasteiger partial charge < -0.3 is 0 Å². The van der Waals surface area contributed by atoms with Gasteiger partial charge >= 0.3 is 0 Å². The van der Waals surface area contributed by atoms with Crippen molar-refractivity contribution in [1.29, 1.82) is 5.26 Å². The summed E-state index contributed by atoms with van der Waals surface area (Å²) in [7, 11) is -3.75. The second-order valence-electron chi connectivity index (χ2n) is 4.62. The van der Waals surface area contributed by atoms with Gasteiger partial charge in [0, 0.05) is 19.5 Å². The molecule has 0 N–H and O–H groups in total. The normalized spacial score (nSPS) is 11.8. The van der Waals surface area contributed by atoms with Crippen LogP contribution in [0, 0.1) is 23.1 Å². The van der Waals surface area contributed by atoms with Crippen molar-refractivity contribution >= 4 is 10.0 Å². The van der Waals surface area contributed by atoms with Gasteiger partial charge in [0.2, 0.25) is 10.0 Å². The van der Waals surface area contributed by atoms with Crippen LogP contribution in [0.3, 0.4) is 0 Å². The van der Waals surface area contributed by atoms with Gasteiger partial charge in [-0.1, -0.05) is 19.9 Å². The van der Waals surface area contributed by atoms with E-state index in [1.165, 1.54) is 22.5 Å². The summed E-state index contributed by atoms with van der Waals surface area (Å²) in [5, 5.41) is 8.60. The summed E-state index contributed by atoms with van der Waals surface area (Å²) >= 11 is 0. The first-order valence-corrected chi connectivity index (χ1v) is 7.44. The van der Waals surface area contributed by atoms with Crippen molar-refractivity contribution in [3.05, 3.63) is 30.1 Å². The van der Waals surface area contributed by atoms with E-state index in [4.69, 9.17) is 5.26 Å².